The van der Waals surface area contributed by atoms with Crippen LogP contribution in [0.5, 0.6) is 5.75 Å². The van der Waals surface area contributed by atoms with Crippen molar-refractivity contribution in [3.63, 3.8) is 0 Å². The van der Waals surface area contributed by atoms with E-state index in [9.17, 15) is 0 Å². The van der Waals surface area contributed by atoms with Gasteiger partial charge in [0.25, 0.3) is 0 Å². The molecular weight excluding hydrogens is 304 g/mol. The van der Waals surface area contributed by atoms with Crippen LogP contribution in [0.4, 0.5) is 0 Å². The van der Waals surface area contributed by atoms with E-state index in [4.69, 9.17) is 4.74 Å². The second kappa shape index (κ2) is 9.34. The Hall–Kier alpha value is -2.83. The van der Waals surface area contributed by atoms with Crippen molar-refractivity contribution >= 4 is 5.96 Å². The average molecular weight is 328 g/mol. The minimum absolute atomic E-state index is 0.477. The molecule has 7 heteroatoms. The van der Waals surface area contributed by atoms with Crippen molar-refractivity contribution in [3.8, 4) is 5.75 Å². The largest absolute Gasteiger partial charge is 0.489 e. The maximum absolute atomic E-state index is 5.66. The fourth-order valence-electron chi connectivity index (χ4n) is 2.07. The molecule has 0 amide bonds. The molecule has 0 aliphatic rings. The molecule has 1 heterocycles. The first kappa shape index (κ1) is 17.5. The van der Waals surface area contributed by atoms with Crippen LogP contribution in [0.3, 0.4) is 0 Å². The summed E-state index contributed by atoms with van der Waals surface area (Å²) >= 11 is 0. The van der Waals surface area contributed by atoms with Crippen LogP contribution in [0.15, 0.2) is 48.2 Å². The molecule has 2 N–H and O–H groups in total. The van der Waals surface area contributed by atoms with E-state index in [1.54, 1.807) is 10.8 Å². The van der Waals surface area contributed by atoms with E-state index < -0.39 is 0 Å². The number of nitrogens with one attached hydrogen (secondary N) is 2. The smallest absolute Gasteiger partial charge is 0.191 e. The third kappa shape index (κ3) is 5.12. The summed E-state index contributed by atoms with van der Waals surface area (Å²) < 4.78 is 7.39. The van der Waals surface area contributed by atoms with Crippen LogP contribution in [0, 0.1) is 0 Å². The molecule has 0 atom stereocenters. The molecule has 0 fully saturated rings. The summed E-state index contributed by atoms with van der Waals surface area (Å²) in [4.78, 5) is 8.80. The lowest BCUT2D eigenvalue weighted by atomic mass is 10.2. The number of aromatic nitrogens is 3. The first-order valence-corrected chi connectivity index (χ1v) is 7.91. The molecule has 0 radical (unpaired) electrons. The van der Waals surface area contributed by atoms with Gasteiger partial charge in [-0.3, -0.25) is 4.68 Å². The van der Waals surface area contributed by atoms with E-state index >= 15 is 0 Å². The molecule has 0 spiro atoms. The zero-order valence-electron chi connectivity index (χ0n) is 14.2. The van der Waals surface area contributed by atoms with Gasteiger partial charge in [-0.1, -0.05) is 30.9 Å². The summed E-state index contributed by atoms with van der Waals surface area (Å²) in [6.07, 6.45) is 3.26. The summed E-state index contributed by atoms with van der Waals surface area (Å²) in [5.74, 6) is 2.39. The lowest BCUT2D eigenvalue weighted by Gasteiger charge is -2.12. The van der Waals surface area contributed by atoms with Gasteiger partial charge in [-0.25, -0.2) is 9.98 Å². The number of aryl methyl sites for hydroxylation is 1. The molecule has 0 saturated heterocycles. The Morgan fingerprint density at radius 1 is 1.38 bits per heavy atom. The molecule has 24 heavy (non-hydrogen) atoms. The lowest BCUT2D eigenvalue weighted by molar-refractivity contribution is 0.359. The van der Waals surface area contributed by atoms with Crippen molar-refractivity contribution in [1.29, 1.82) is 0 Å². The van der Waals surface area contributed by atoms with Crippen molar-refractivity contribution in [3.05, 3.63) is 54.6 Å². The first-order valence-electron chi connectivity index (χ1n) is 7.91. The fourth-order valence-corrected chi connectivity index (χ4v) is 2.07. The molecule has 0 aliphatic heterocycles. The molecule has 0 bridgehead atoms. The summed E-state index contributed by atoms with van der Waals surface area (Å²) in [5.41, 5.74) is 1.02. The monoisotopic (exact) mass is 328 g/mol. The highest BCUT2D eigenvalue weighted by Crippen LogP contribution is 2.18. The molecular formula is C17H24N6O. The van der Waals surface area contributed by atoms with Crippen LogP contribution in [-0.2, 0) is 20.1 Å². The van der Waals surface area contributed by atoms with Gasteiger partial charge in [-0.05, 0) is 13.0 Å². The van der Waals surface area contributed by atoms with Crippen LogP contribution in [-0.4, -0.2) is 33.9 Å². The number of guanidine groups is 1. The second-order valence-corrected chi connectivity index (χ2v) is 5.06. The van der Waals surface area contributed by atoms with E-state index in [0.717, 1.165) is 29.6 Å². The molecule has 0 unspecified atom stereocenters. The highest BCUT2D eigenvalue weighted by atomic mass is 16.5. The number of hydrogen-bond donors (Lipinski definition) is 2. The Labute approximate surface area is 142 Å². The molecule has 2 rings (SSSR count). The lowest BCUT2D eigenvalue weighted by Crippen LogP contribution is -2.37. The van der Waals surface area contributed by atoms with Crippen LogP contribution >= 0.6 is 0 Å². The normalized spacial score (nSPS) is 11.2. The molecule has 1 aromatic carbocycles. The van der Waals surface area contributed by atoms with Crippen LogP contribution in [0.1, 0.15) is 18.3 Å². The number of nitrogens with zero attached hydrogens (tertiary/aromatic N) is 4. The molecule has 0 saturated carbocycles. The Bertz CT molecular complexity index is 679. The molecule has 128 valence electrons. The average Bonchev–Trinajstić information content (AvgIpc) is 3.01. The Morgan fingerprint density at radius 3 is 2.92 bits per heavy atom. The van der Waals surface area contributed by atoms with Crippen molar-refractivity contribution in [2.75, 3.05) is 13.2 Å². The van der Waals surface area contributed by atoms with Gasteiger partial charge in [0.2, 0.25) is 0 Å². The van der Waals surface area contributed by atoms with Gasteiger partial charge in [0.1, 0.15) is 24.5 Å². The Morgan fingerprint density at radius 2 is 2.21 bits per heavy atom. The number of para-hydroxylation sites is 1. The standard InChI is InChI=1S/C17H24N6O/c1-4-10-24-15-9-7-6-8-14(15)11-19-17(18-5-2)20-12-16-21-13-22-23(16)3/h4,6-9,13H,1,5,10-12H2,2-3H3,(H2,18,19,20). The maximum Gasteiger partial charge on any atom is 0.191 e. The number of benzene rings is 1. The van der Waals surface area contributed by atoms with Gasteiger partial charge >= 0.3 is 0 Å². The van der Waals surface area contributed by atoms with Crippen LogP contribution in [0.2, 0.25) is 0 Å². The number of aliphatic imine (C=N–C) groups is 1. The van der Waals surface area contributed by atoms with Crippen LogP contribution < -0.4 is 15.4 Å². The Kier molecular flexibility index (Phi) is 6.82. The van der Waals surface area contributed by atoms with Gasteiger partial charge in [-0.2, -0.15) is 5.10 Å². The maximum atomic E-state index is 5.66. The summed E-state index contributed by atoms with van der Waals surface area (Å²) in [5, 5.41) is 10.5. The van der Waals surface area contributed by atoms with Gasteiger partial charge in [0.15, 0.2) is 5.96 Å². The molecule has 2 aromatic rings. The van der Waals surface area contributed by atoms with Gasteiger partial charge in [0.05, 0.1) is 13.1 Å². The first-order chi connectivity index (χ1) is 11.7. The molecule has 1 aromatic heterocycles. The highest BCUT2D eigenvalue weighted by Gasteiger charge is 2.05. The summed E-state index contributed by atoms with van der Waals surface area (Å²) in [6, 6.07) is 7.87. The summed E-state index contributed by atoms with van der Waals surface area (Å²) in [6.45, 7) is 8.02. The van der Waals surface area contributed by atoms with Crippen molar-refractivity contribution in [2.24, 2.45) is 12.0 Å². The van der Waals surface area contributed by atoms with Gasteiger partial charge < -0.3 is 15.4 Å². The third-order valence-electron chi connectivity index (χ3n) is 3.30. The Balaban J connectivity index is 2.02. The molecule has 7 nitrogen and oxygen atoms in total. The van der Waals surface area contributed by atoms with E-state index in [1.165, 1.54) is 6.33 Å². The van der Waals surface area contributed by atoms with E-state index in [0.29, 0.717) is 19.7 Å². The predicted molar refractivity (Wildman–Crippen MR) is 94.8 cm³/mol. The van der Waals surface area contributed by atoms with E-state index in [2.05, 4.69) is 32.3 Å². The number of rotatable bonds is 8. The van der Waals surface area contributed by atoms with Crippen molar-refractivity contribution in [1.82, 2.24) is 25.4 Å². The minimum atomic E-state index is 0.477. The fraction of sp³-hybridized carbons (Fsp3) is 0.353. The van der Waals surface area contributed by atoms with Gasteiger partial charge in [-0.15, -0.1) is 0 Å². The predicted octanol–water partition coefficient (Wildman–Crippen LogP) is 1.64. The van der Waals surface area contributed by atoms with Gasteiger partial charge in [0, 0.05) is 19.2 Å². The zero-order chi connectivity index (χ0) is 17.2. The number of ether oxygens (including phenoxy) is 1. The number of hydrogen-bond acceptors (Lipinski definition) is 4. The van der Waals surface area contributed by atoms with E-state index in [1.807, 2.05) is 38.2 Å². The topological polar surface area (TPSA) is 76.4 Å². The second-order valence-electron chi connectivity index (χ2n) is 5.06. The van der Waals surface area contributed by atoms with Crippen molar-refractivity contribution in [2.45, 2.75) is 20.0 Å². The molecule has 0 aliphatic carbocycles. The SMILES string of the molecule is C=CCOc1ccccc1CN=C(NCC)NCc1ncnn1C. The van der Waals surface area contributed by atoms with E-state index in [-0.39, 0.29) is 0 Å². The van der Waals surface area contributed by atoms with Crippen molar-refractivity contribution < 1.29 is 4.74 Å². The third-order valence-corrected chi connectivity index (χ3v) is 3.30. The zero-order valence-corrected chi connectivity index (χ0v) is 14.2. The highest BCUT2D eigenvalue weighted by molar-refractivity contribution is 5.79. The van der Waals surface area contributed by atoms with Crippen LogP contribution in [0.25, 0.3) is 0 Å². The minimum Gasteiger partial charge on any atom is -0.489 e. The quantitative estimate of drug-likeness (QED) is 0.438. The summed E-state index contributed by atoms with van der Waals surface area (Å²) in [7, 11) is 1.86.